The van der Waals surface area contributed by atoms with Gasteiger partial charge in [0.05, 0.1) is 6.42 Å². The van der Waals surface area contributed by atoms with Crippen molar-refractivity contribution in [2.24, 2.45) is 0 Å². The molecule has 5 nitrogen and oxygen atoms in total. The average molecular weight is 195 g/mol. The van der Waals surface area contributed by atoms with Crippen molar-refractivity contribution in [3.8, 4) is 0 Å². The van der Waals surface area contributed by atoms with Crippen LogP contribution < -0.4 is 0 Å². The summed E-state index contributed by atoms with van der Waals surface area (Å²) in [6.45, 7) is 2.73. The van der Waals surface area contributed by atoms with Crippen molar-refractivity contribution < 1.29 is 9.90 Å². The van der Waals surface area contributed by atoms with Crippen LogP contribution in [0.15, 0.2) is 6.33 Å². The van der Waals surface area contributed by atoms with Crippen LogP contribution in [0.2, 0.25) is 0 Å². The topological polar surface area (TPSA) is 68.0 Å². The minimum absolute atomic E-state index is 0.172. The van der Waals surface area contributed by atoms with E-state index in [0.29, 0.717) is 0 Å². The minimum Gasteiger partial charge on any atom is -0.481 e. The number of hydrogen-bond donors (Lipinski definition) is 1. The van der Waals surface area contributed by atoms with Crippen molar-refractivity contribution in [2.75, 3.05) is 0 Å². The van der Waals surface area contributed by atoms with Crippen molar-refractivity contribution >= 4 is 5.97 Å². The Morgan fingerprint density at radius 2 is 2.43 bits per heavy atom. The zero-order chi connectivity index (χ0) is 10.2. The van der Waals surface area contributed by atoms with E-state index in [2.05, 4.69) is 10.1 Å². The van der Waals surface area contributed by atoms with Gasteiger partial charge in [-0.3, -0.25) is 4.79 Å². The third-order valence-electron chi connectivity index (χ3n) is 2.73. The molecule has 14 heavy (non-hydrogen) atoms. The molecule has 0 saturated heterocycles. The van der Waals surface area contributed by atoms with Crippen LogP contribution in [-0.4, -0.2) is 25.8 Å². The van der Waals surface area contributed by atoms with Gasteiger partial charge >= 0.3 is 5.97 Å². The molecule has 1 N–H and O–H groups in total. The maximum absolute atomic E-state index is 10.7. The zero-order valence-corrected chi connectivity index (χ0v) is 8.10. The van der Waals surface area contributed by atoms with E-state index >= 15 is 0 Å². The molecule has 1 aliphatic rings. The van der Waals surface area contributed by atoms with Crippen LogP contribution >= 0.6 is 0 Å². The summed E-state index contributed by atoms with van der Waals surface area (Å²) in [6.07, 6.45) is 3.50. The first-order valence-electron chi connectivity index (χ1n) is 4.78. The van der Waals surface area contributed by atoms with Crippen LogP contribution in [0, 0.1) is 0 Å². The van der Waals surface area contributed by atoms with E-state index in [1.54, 1.807) is 4.68 Å². The van der Waals surface area contributed by atoms with Crippen molar-refractivity contribution in [2.45, 2.75) is 38.1 Å². The molecule has 2 rings (SSSR count). The van der Waals surface area contributed by atoms with Gasteiger partial charge in [-0.2, -0.15) is 5.10 Å². The van der Waals surface area contributed by atoms with Gasteiger partial charge in [0.2, 0.25) is 0 Å². The fourth-order valence-electron chi connectivity index (χ4n) is 1.83. The Hall–Kier alpha value is -1.39. The molecule has 0 unspecified atom stereocenters. The molecule has 1 aromatic rings. The van der Waals surface area contributed by atoms with Crippen LogP contribution in [-0.2, 0) is 16.8 Å². The lowest BCUT2D eigenvalue weighted by Crippen LogP contribution is -2.19. The number of hydrogen-bond acceptors (Lipinski definition) is 3. The van der Waals surface area contributed by atoms with Crippen molar-refractivity contribution in [3.63, 3.8) is 0 Å². The smallest absolute Gasteiger partial charge is 0.304 e. The van der Waals surface area contributed by atoms with Gasteiger partial charge in [0.1, 0.15) is 12.2 Å². The summed E-state index contributed by atoms with van der Waals surface area (Å²) in [4.78, 5) is 14.9. The van der Waals surface area contributed by atoms with Gasteiger partial charge in [-0.15, -0.1) is 0 Å². The van der Waals surface area contributed by atoms with Gasteiger partial charge in [-0.05, 0) is 19.8 Å². The summed E-state index contributed by atoms with van der Waals surface area (Å²) in [5.74, 6) is 0.0792. The van der Waals surface area contributed by atoms with E-state index < -0.39 is 5.97 Å². The Bertz CT molecular complexity index is 355. The predicted octanol–water partition coefficient (Wildman–Crippen LogP) is 0.804. The maximum atomic E-state index is 10.7. The van der Waals surface area contributed by atoms with E-state index in [1.807, 2.05) is 6.92 Å². The monoisotopic (exact) mass is 195 g/mol. The number of carbonyl (C=O) groups is 1. The van der Waals surface area contributed by atoms with Crippen LogP contribution in [0.25, 0.3) is 0 Å². The number of nitrogens with zero attached hydrogens (tertiary/aromatic N) is 3. The van der Waals surface area contributed by atoms with E-state index in [1.165, 1.54) is 6.33 Å². The quantitative estimate of drug-likeness (QED) is 0.771. The molecule has 76 valence electrons. The van der Waals surface area contributed by atoms with E-state index in [9.17, 15) is 4.79 Å². The minimum atomic E-state index is -0.756. The Morgan fingerprint density at radius 1 is 1.71 bits per heavy atom. The van der Waals surface area contributed by atoms with Crippen LogP contribution in [0.4, 0.5) is 0 Å². The van der Waals surface area contributed by atoms with Crippen LogP contribution in [0.1, 0.15) is 32.0 Å². The molecule has 0 bridgehead atoms. The summed E-state index contributed by atoms with van der Waals surface area (Å²) in [5, 5.41) is 12.9. The number of aryl methyl sites for hydroxylation is 1. The van der Waals surface area contributed by atoms with Crippen molar-refractivity contribution in [1.82, 2.24) is 14.8 Å². The molecule has 0 aromatic carbocycles. The predicted molar refractivity (Wildman–Crippen MR) is 48.9 cm³/mol. The summed E-state index contributed by atoms with van der Waals surface area (Å²) < 4.78 is 1.79. The highest BCUT2D eigenvalue weighted by molar-refractivity contribution is 5.69. The number of rotatable bonds is 4. The second-order valence-electron chi connectivity index (χ2n) is 3.75. The Balaban J connectivity index is 2.25. The maximum Gasteiger partial charge on any atom is 0.304 e. The first-order chi connectivity index (χ1) is 6.68. The van der Waals surface area contributed by atoms with Gasteiger partial charge in [0.15, 0.2) is 0 Å². The molecule has 1 aromatic heterocycles. The van der Waals surface area contributed by atoms with Crippen molar-refractivity contribution in [3.05, 3.63) is 12.2 Å². The molecular weight excluding hydrogens is 182 g/mol. The lowest BCUT2D eigenvalue weighted by molar-refractivity contribution is -0.137. The summed E-state index contributed by atoms with van der Waals surface area (Å²) in [7, 11) is 0. The third kappa shape index (κ3) is 1.38. The van der Waals surface area contributed by atoms with Gasteiger partial charge in [0.25, 0.3) is 0 Å². The lowest BCUT2D eigenvalue weighted by atomic mass is 10.0. The molecule has 1 heterocycles. The summed E-state index contributed by atoms with van der Waals surface area (Å²) >= 11 is 0. The fraction of sp³-hybridized carbons (Fsp3) is 0.667. The third-order valence-corrected chi connectivity index (χ3v) is 2.73. The Labute approximate surface area is 81.8 Å². The zero-order valence-electron chi connectivity index (χ0n) is 8.10. The Kier molecular flexibility index (Phi) is 2.02. The molecule has 1 aliphatic carbocycles. The second-order valence-corrected chi connectivity index (χ2v) is 3.75. The Morgan fingerprint density at radius 3 is 2.93 bits per heavy atom. The van der Waals surface area contributed by atoms with Crippen molar-refractivity contribution in [1.29, 1.82) is 0 Å². The highest BCUT2D eigenvalue weighted by Crippen LogP contribution is 2.49. The van der Waals surface area contributed by atoms with E-state index in [-0.39, 0.29) is 11.8 Å². The number of aliphatic carboxylic acids is 1. The molecular formula is C9H13N3O2. The SMILES string of the molecule is CCn1ncnc1C1(CC(=O)O)CC1. The normalized spacial score (nSPS) is 18.1. The van der Waals surface area contributed by atoms with Crippen LogP contribution in [0.5, 0.6) is 0 Å². The molecule has 0 radical (unpaired) electrons. The highest BCUT2D eigenvalue weighted by atomic mass is 16.4. The van der Waals surface area contributed by atoms with Crippen LogP contribution in [0.3, 0.4) is 0 Å². The average Bonchev–Trinajstić information content (AvgIpc) is 2.75. The molecule has 1 saturated carbocycles. The largest absolute Gasteiger partial charge is 0.481 e. The van der Waals surface area contributed by atoms with Gasteiger partial charge < -0.3 is 5.11 Å². The molecule has 0 spiro atoms. The number of carboxylic acid groups (broad SMARTS) is 1. The molecule has 5 heteroatoms. The molecule has 0 atom stereocenters. The van der Waals surface area contributed by atoms with E-state index in [4.69, 9.17) is 5.11 Å². The molecule has 0 amide bonds. The fourth-order valence-corrected chi connectivity index (χ4v) is 1.83. The summed E-state index contributed by atoms with van der Waals surface area (Å²) in [5.41, 5.74) is -0.224. The summed E-state index contributed by atoms with van der Waals surface area (Å²) in [6, 6.07) is 0. The molecule has 1 fully saturated rings. The van der Waals surface area contributed by atoms with Gasteiger partial charge in [0, 0.05) is 12.0 Å². The van der Waals surface area contributed by atoms with Gasteiger partial charge in [-0.25, -0.2) is 9.67 Å². The van der Waals surface area contributed by atoms with E-state index in [0.717, 1.165) is 25.2 Å². The number of carboxylic acids is 1. The first-order valence-corrected chi connectivity index (χ1v) is 4.78. The first kappa shape index (κ1) is 9.18. The van der Waals surface area contributed by atoms with Gasteiger partial charge in [-0.1, -0.05) is 0 Å². The lowest BCUT2D eigenvalue weighted by Gasteiger charge is -2.11. The standard InChI is InChI=1S/C9H13N3O2/c1-2-12-8(10-6-11-12)9(3-4-9)5-7(13)14/h6H,2-5H2,1H3,(H,13,14). The molecule has 0 aliphatic heterocycles. The highest BCUT2D eigenvalue weighted by Gasteiger charge is 2.49. The second kappa shape index (κ2) is 3.08. The number of aromatic nitrogens is 3.